The minimum Gasteiger partial charge on any atom is -0.507 e. The first-order valence-electron chi connectivity index (χ1n) is 15.9. The molecule has 1 saturated carbocycles. The van der Waals surface area contributed by atoms with E-state index in [1.807, 2.05) is 0 Å². The van der Waals surface area contributed by atoms with E-state index in [1.54, 1.807) is 42.6 Å². The topological polar surface area (TPSA) is 83.5 Å². The lowest BCUT2D eigenvalue weighted by Crippen LogP contribution is -2.52. The number of halogens is 3. The van der Waals surface area contributed by atoms with Crippen LogP contribution in [0.2, 0.25) is 0 Å². The van der Waals surface area contributed by atoms with Crippen molar-refractivity contribution >= 4 is 5.91 Å². The summed E-state index contributed by atoms with van der Waals surface area (Å²) in [4.78, 5) is 17.4. The summed E-state index contributed by atoms with van der Waals surface area (Å²) in [6.07, 6.45) is 8.11. The van der Waals surface area contributed by atoms with Gasteiger partial charge in [-0.25, -0.2) is 13.2 Å². The smallest absolute Gasteiger partial charge is 0.255 e. The molecular formula is C37H38F3N3O3. The summed E-state index contributed by atoms with van der Waals surface area (Å²) in [5, 5.41) is 16.6. The number of benzene rings is 3. The fourth-order valence-electron chi connectivity index (χ4n) is 7.26. The van der Waals surface area contributed by atoms with Gasteiger partial charge < -0.3 is 20.5 Å². The minimum atomic E-state index is -1.16. The molecule has 3 aromatic carbocycles. The van der Waals surface area contributed by atoms with Gasteiger partial charge in [0.15, 0.2) is 0 Å². The normalized spacial score (nSPS) is 17.7. The Labute approximate surface area is 267 Å². The van der Waals surface area contributed by atoms with Crippen molar-refractivity contribution in [3.8, 4) is 5.75 Å². The van der Waals surface area contributed by atoms with Crippen LogP contribution in [0.5, 0.6) is 5.75 Å². The number of nitrogens with zero attached hydrogens (tertiary/aromatic N) is 1. The Morgan fingerprint density at radius 3 is 2.26 bits per heavy atom. The number of rotatable bonds is 10. The van der Waals surface area contributed by atoms with Crippen molar-refractivity contribution in [2.24, 2.45) is 0 Å². The number of carbonyl (C=O) groups excluding carboxylic acids is 1. The van der Waals surface area contributed by atoms with Crippen molar-refractivity contribution in [3.05, 3.63) is 130 Å². The van der Waals surface area contributed by atoms with Gasteiger partial charge in [0.2, 0.25) is 0 Å². The first-order valence-corrected chi connectivity index (χ1v) is 15.9. The fourth-order valence-corrected chi connectivity index (χ4v) is 7.26. The Morgan fingerprint density at radius 1 is 0.957 bits per heavy atom. The molecule has 2 fully saturated rings. The highest BCUT2D eigenvalue weighted by Gasteiger charge is 2.41. The van der Waals surface area contributed by atoms with Crippen molar-refractivity contribution in [1.29, 1.82) is 0 Å². The number of morpholine rings is 1. The van der Waals surface area contributed by atoms with E-state index in [2.05, 4.69) is 15.6 Å². The van der Waals surface area contributed by atoms with Gasteiger partial charge in [0.1, 0.15) is 23.2 Å². The maximum atomic E-state index is 16.0. The molecular weight excluding hydrogens is 591 g/mol. The molecule has 1 amide bonds. The Balaban J connectivity index is 1.40. The van der Waals surface area contributed by atoms with Crippen LogP contribution in [0.25, 0.3) is 0 Å². The SMILES string of the molecule is O=C(NCCC(c1ccc(F)cc1)(c1ccc(F)cc1)c1cncc(F)c1CC[C@@H]1CNCC2(CCCC2)O1)c1ccccc1O. The summed E-state index contributed by atoms with van der Waals surface area (Å²) < 4.78 is 51.2. The van der Waals surface area contributed by atoms with Crippen LogP contribution in [-0.2, 0) is 16.6 Å². The number of hydrogen-bond acceptors (Lipinski definition) is 5. The number of phenolic OH excluding ortho intramolecular Hbond substituents is 1. The first-order chi connectivity index (χ1) is 22.3. The van der Waals surface area contributed by atoms with E-state index >= 15 is 4.39 Å². The molecule has 6 nitrogen and oxygen atoms in total. The molecule has 1 atom stereocenters. The maximum absolute atomic E-state index is 16.0. The number of carbonyl (C=O) groups is 1. The molecule has 240 valence electrons. The molecule has 2 heterocycles. The highest BCUT2D eigenvalue weighted by atomic mass is 19.1. The van der Waals surface area contributed by atoms with Gasteiger partial charge in [0.05, 0.1) is 23.5 Å². The molecule has 4 aromatic rings. The van der Waals surface area contributed by atoms with Crippen LogP contribution in [0.3, 0.4) is 0 Å². The highest BCUT2D eigenvalue weighted by Crippen LogP contribution is 2.45. The van der Waals surface area contributed by atoms with E-state index in [4.69, 9.17) is 4.74 Å². The minimum absolute atomic E-state index is 0.0933. The number of aromatic nitrogens is 1. The molecule has 0 unspecified atom stereocenters. The van der Waals surface area contributed by atoms with Crippen molar-refractivity contribution in [3.63, 3.8) is 0 Å². The number of para-hydroxylation sites is 1. The molecule has 0 bridgehead atoms. The number of phenols is 1. The molecule has 2 aliphatic rings. The predicted octanol–water partition coefficient (Wildman–Crippen LogP) is 6.59. The van der Waals surface area contributed by atoms with Crippen LogP contribution >= 0.6 is 0 Å². The second kappa shape index (κ2) is 13.6. The van der Waals surface area contributed by atoms with Gasteiger partial charge in [0, 0.05) is 31.2 Å². The van der Waals surface area contributed by atoms with E-state index in [0.29, 0.717) is 41.6 Å². The van der Waals surface area contributed by atoms with Crippen molar-refractivity contribution in [2.75, 3.05) is 19.6 Å². The van der Waals surface area contributed by atoms with Crippen molar-refractivity contribution in [1.82, 2.24) is 15.6 Å². The number of amides is 1. The number of ether oxygens (including phenoxy) is 1. The average molecular weight is 630 g/mol. The van der Waals surface area contributed by atoms with Gasteiger partial charge in [0.25, 0.3) is 5.91 Å². The van der Waals surface area contributed by atoms with Gasteiger partial charge in [-0.1, -0.05) is 49.2 Å². The van der Waals surface area contributed by atoms with E-state index in [0.717, 1.165) is 32.2 Å². The third kappa shape index (κ3) is 6.52. The van der Waals surface area contributed by atoms with E-state index < -0.39 is 28.8 Å². The van der Waals surface area contributed by atoms with Crippen LogP contribution in [-0.4, -0.2) is 47.3 Å². The van der Waals surface area contributed by atoms with Crippen LogP contribution < -0.4 is 10.6 Å². The molecule has 0 radical (unpaired) electrons. The molecule has 1 spiro atoms. The van der Waals surface area contributed by atoms with Gasteiger partial charge in [-0.3, -0.25) is 9.78 Å². The molecule has 1 saturated heterocycles. The number of pyridine rings is 1. The monoisotopic (exact) mass is 629 g/mol. The Kier molecular flexibility index (Phi) is 9.42. The molecule has 46 heavy (non-hydrogen) atoms. The average Bonchev–Trinajstić information content (AvgIpc) is 3.50. The summed E-state index contributed by atoms with van der Waals surface area (Å²) in [6, 6.07) is 18.1. The van der Waals surface area contributed by atoms with Crippen molar-refractivity contribution in [2.45, 2.75) is 62.1 Å². The maximum Gasteiger partial charge on any atom is 0.255 e. The van der Waals surface area contributed by atoms with Crippen molar-refractivity contribution < 1.29 is 27.8 Å². The van der Waals surface area contributed by atoms with Gasteiger partial charge in [-0.05, 0) is 90.8 Å². The molecule has 1 aromatic heterocycles. The largest absolute Gasteiger partial charge is 0.507 e. The lowest BCUT2D eigenvalue weighted by Gasteiger charge is -2.40. The highest BCUT2D eigenvalue weighted by molar-refractivity contribution is 5.96. The second-order valence-electron chi connectivity index (χ2n) is 12.4. The Morgan fingerprint density at radius 2 is 1.61 bits per heavy atom. The summed E-state index contributed by atoms with van der Waals surface area (Å²) in [6.45, 7) is 1.59. The van der Waals surface area contributed by atoms with Crippen LogP contribution in [0, 0.1) is 17.5 Å². The van der Waals surface area contributed by atoms with Gasteiger partial charge in [-0.15, -0.1) is 0 Å². The fraction of sp³-hybridized carbons (Fsp3) is 0.351. The van der Waals surface area contributed by atoms with Crippen LogP contribution in [0.4, 0.5) is 13.2 Å². The molecule has 6 rings (SSSR count). The van der Waals surface area contributed by atoms with Crippen LogP contribution in [0.15, 0.2) is 85.2 Å². The van der Waals surface area contributed by atoms with Gasteiger partial charge in [-0.2, -0.15) is 0 Å². The summed E-state index contributed by atoms with van der Waals surface area (Å²) in [5.41, 5.74) is 1.03. The second-order valence-corrected chi connectivity index (χ2v) is 12.4. The summed E-state index contributed by atoms with van der Waals surface area (Å²) in [7, 11) is 0. The Bertz CT molecular complexity index is 1610. The molecule has 1 aliphatic carbocycles. The predicted molar refractivity (Wildman–Crippen MR) is 169 cm³/mol. The zero-order valence-electron chi connectivity index (χ0n) is 25.6. The number of nitrogens with one attached hydrogen (secondary N) is 2. The van der Waals surface area contributed by atoms with Crippen LogP contribution in [0.1, 0.15) is 71.1 Å². The lowest BCUT2D eigenvalue weighted by molar-refractivity contribution is -0.114. The standard InChI is InChI=1S/C37H38F3N3O3/c38-27-11-7-25(8-12-27)37(26-9-13-28(39)14-10-26,19-20-43-35(45)31-5-1-2-6-34(31)44)32-22-41-23-33(40)30(32)16-15-29-21-42-24-36(46-29)17-3-4-18-36/h1-2,5-14,22-23,29,42,44H,3-4,15-21,24H2,(H,43,45)/t29-/m1/s1. The lowest BCUT2D eigenvalue weighted by atomic mass is 9.66. The van der Waals surface area contributed by atoms with E-state index in [-0.39, 0.29) is 36.0 Å². The third-order valence-electron chi connectivity index (χ3n) is 9.54. The molecule has 9 heteroatoms. The summed E-state index contributed by atoms with van der Waals surface area (Å²) >= 11 is 0. The third-order valence-corrected chi connectivity index (χ3v) is 9.54. The van der Waals surface area contributed by atoms with E-state index in [9.17, 15) is 18.7 Å². The molecule has 1 aliphatic heterocycles. The molecule has 3 N–H and O–H groups in total. The number of hydrogen-bond donors (Lipinski definition) is 3. The van der Waals surface area contributed by atoms with E-state index in [1.165, 1.54) is 42.6 Å². The zero-order chi connectivity index (χ0) is 32.1. The number of aromatic hydroxyl groups is 1. The Hall–Kier alpha value is -4.21. The zero-order valence-corrected chi connectivity index (χ0v) is 25.6. The van der Waals surface area contributed by atoms with Gasteiger partial charge >= 0.3 is 0 Å². The first kappa shape index (κ1) is 31.8. The quantitative estimate of drug-likeness (QED) is 0.184. The summed E-state index contributed by atoms with van der Waals surface area (Å²) in [5.74, 6) is -2.00.